The van der Waals surface area contributed by atoms with E-state index in [-0.39, 0.29) is 12.5 Å². The first kappa shape index (κ1) is 27.7. The zero-order valence-electron chi connectivity index (χ0n) is 20.9. The monoisotopic (exact) mass is 653 g/mol. The molecule has 206 valence electrons. The van der Waals surface area contributed by atoms with E-state index in [2.05, 4.69) is 42.9 Å². The summed E-state index contributed by atoms with van der Waals surface area (Å²) in [6.45, 7) is 0. The molecular weight excluding hydrogens is 625 g/mol. The molecule has 3 aromatic rings. The fourth-order valence-corrected chi connectivity index (χ4v) is 6.22. The molecule has 0 saturated heterocycles. The van der Waals surface area contributed by atoms with Gasteiger partial charge in [0, 0.05) is 22.2 Å². The Balaban J connectivity index is 1.57. The summed E-state index contributed by atoms with van der Waals surface area (Å²) >= 11 is 2.12. The van der Waals surface area contributed by atoms with E-state index in [9.17, 15) is 22.4 Å². The lowest BCUT2D eigenvalue weighted by molar-refractivity contribution is -0.253. The number of hydrogen-bond acceptors (Lipinski definition) is 3. The molecule has 39 heavy (non-hydrogen) atoms. The van der Waals surface area contributed by atoms with Crippen molar-refractivity contribution in [3.63, 3.8) is 0 Å². The number of carbonyl (C=O) groups excluding carboxylic acids is 1. The first-order valence-corrected chi connectivity index (χ1v) is 13.9. The van der Waals surface area contributed by atoms with Crippen molar-refractivity contribution < 1.29 is 27.1 Å². The molecule has 2 amide bonds. The van der Waals surface area contributed by atoms with Gasteiger partial charge in [0.1, 0.15) is 11.3 Å². The molecule has 2 N–H and O–H groups in total. The Morgan fingerprint density at radius 1 is 1.05 bits per heavy atom. The number of amides is 2. The maximum absolute atomic E-state index is 13.8. The quantitative estimate of drug-likeness (QED) is 0.195. The number of benzene rings is 2. The lowest BCUT2D eigenvalue weighted by Crippen LogP contribution is -2.55. The second kappa shape index (κ2) is 11.3. The zero-order valence-corrected chi connectivity index (χ0v) is 23.1. The Labute approximate surface area is 237 Å². The van der Waals surface area contributed by atoms with Crippen molar-refractivity contribution in [2.24, 2.45) is 11.8 Å². The standard InChI is InChI=1S/C29H28F4IN3O2/c30-26(31)29(32,33)39-23-8-4-7-21(15-23)28(16-18-5-2-1-3-6-18,25-12-11-22(34)17-35-25)37-27(38)36-24-14-19-9-10-20(24)13-19/h1-8,11-12,15,17,19-20,24,26H,9-10,13-14,16H2,(H2,36,37,38)/t19-,20+,24-,28+/m1/s1. The van der Waals surface area contributed by atoms with Crippen LogP contribution in [-0.4, -0.2) is 29.6 Å². The van der Waals surface area contributed by atoms with Crippen molar-refractivity contribution in [1.82, 2.24) is 15.6 Å². The Bertz CT molecular complexity index is 1300. The van der Waals surface area contributed by atoms with Gasteiger partial charge in [-0.1, -0.05) is 48.9 Å². The van der Waals surface area contributed by atoms with Gasteiger partial charge in [0.05, 0.1) is 5.69 Å². The van der Waals surface area contributed by atoms with E-state index in [1.807, 2.05) is 36.4 Å². The number of fused-ring (bicyclic) bond motifs is 2. The van der Waals surface area contributed by atoms with Crippen LogP contribution in [0, 0.1) is 15.4 Å². The topological polar surface area (TPSA) is 63.2 Å². The summed E-state index contributed by atoms with van der Waals surface area (Å²) in [7, 11) is 0. The van der Waals surface area contributed by atoms with Crippen LogP contribution in [0.2, 0.25) is 0 Å². The van der Waals surface area contributed by atoms with Crippen molar-refractivity contribution in [3.05, 3.63) is 93.3 Å². The molecule has 0 spiro atoms. The third-order valence-corrected chi connectivity index (χ3v) is 8.33. The molecule has 5 nitrogen and oxygen atoms in total. The number of carbonyl (C=O) groups is 1. The summed E-state index contributed by atoms with van der Waals surface area (Å²) in [6.07, 6.45) is -2.50. The molecule has 2 bridgehead atoms. The molecule has 1 aromatic heterocycles. The van der Waals surface area contributed by atoms with Gasteiger partial charge in [-0.05, 0) is 89.1 Å². The largest absolute Gasteiger partial charge is 0.461 e. The predicted octanol–water partition coefficient (Wildman–Crippen LogP) is 6.90. The van der Waals surface area contributed by atoms with E-state index in [0.29, 0.717) is 23.1 Å². The van der Waals surface area contributed by atoms with E-state index in [0.717, 1.165) is 28.4 Å². The lowest BCUT2D eigenvalue weighted by atomic mass is 9.80. The van der Waals surface area contributed by atoms with Gasteiger partial charge in [0.2, 0.25) is 0 Å². The third-order valence-electron chi connectivity index (χ3n) is 7.69. The van der Waals surface area contributed by atoms with Crippen LogP contribution in [0.4, 0.5) is 22.4 Å². The number of nitrogens with one attached hydrogen (secondary N) is 2. The number of ether oxygens (including phenoxy) is 1. The summed E-state index contributed by atoms with van der Waals surface area (Å²) < 4.78 is 58.7. The highest BCUT2D eigenvalue weighted by atomic mass is 127. The van der Waals surface area contributed by atoms with Crippen LogP contribution in [0.3, 0.4) is 0 Å². The Hall–Kier alpha value is -2.89. The van der Waals surface area contributed by atoms with Gasteiger partial charge in [-0.2, -0.15) is 17.6 Å². The average molecular weight is 653 g/mol. The van der Waals surface area contributed by atoms with Crippen LogP contribution in [0.15, 0.2) is 72.9 Å². The number of rotatable bonds is 9. The Kier molecular flexibility index (Phi) is 8.02. The third kappa shape index (κ3) is 6.15. The van der Waals surface area contributed by atoms with Crippen molar-refractivity contribution >= 4 is 28.6 Å². The van der Waals surface area contributed by atoms with Crippen LogP contribution >= 0.6 is 22.6 Å². The van der Waals surface area contributed by atoms with Crippen molar-refractivity contribution in [1.29, 1.82) is 0 Å². The molecule has 0 unspecified atom stereocenters. The minimum absolute atomic E-state index is 0.0576. The fraction of sp³-hybridized carbons (Fsp3) is 0.379. The van der Waals surface area contributed by atoms with E-state index in [1.165, 1.54) is 24.6 Å². The van der Waals surface area contributed by atoms with Crippen LogP contribution in [0.1, 0.15) is 42.5 Å². The average Bonchev–Trinajstić information content (AvgIpc) is 3.52. The molecule has 4 atom stereocenters. The van der Waals surface area contributed by atoms with E-state index < -0.39 is 29.9 Å². The summed E-state index contributed by atoms with van der Waals surface area (Å²) in [4.78, 5) is 18.2. The second-order valence-electron chi connectivity index (χ2n) is 10.3. The van der Waals surface area contributed by atoms with Gasteiger partial charge in [0.15, 0.2) is 0 Å². The number of halogens is 5. The highest BCUT2D eigenvalue weighted by Gasteiger charge is 2.45. The number of aromatic nitrogens is 1. The molecule has 5 rings (SSSR count). The normalized spacial score (nSPS) is 21.9. The van der Waals surface area contributed by atoms with Gasteiger partial charge in [-0.3, -0.25) is 4.98 Å². The number of pyridine rings is 1. The van der Waals surface area contributed by atoms with Crippen molar-refractivity contribution in [2.75, 3.05) is 0 Å². The number of nitrogens with zero attached hydrogens (tertiary/aromatic N) is 1. The minimum Gasteiger partial charge on any atom is -0.428 e. The maximum atomic E-state index is 13.8. The zero-order chi connectivity index (χ0) is 27.6. The van der Waals surface area contributed by atoms with Gasteiger partial charge in [0.25, 0.3) is 0 Å². The minimum atomic E-state index is -4.67. The second-order valence-corrected chi connectivity index (χ2v) is 11.5. The smallest absolute Gasteiger partial charge is 0.428 e. The Morgan fingerprint density at radius 3 is 2.49 bits per heavy atom. The molecule has 2 aliphatic carbocycles. The van der Waals surface area contributed by atoms with E-state index >= 15 is 0 Å². The molecular formula is C29H28F4IN3O2. The fourth-order valence-electron chi connectivity index (χ4n) is 5.90. The van der Waals surface area contributed by atoms with Gasteiger partial charge in [-0.15, -0.1) is 0 Å². The Morgan fingerprint density at radius 2 is 1.85 bits per heavy atom. The predicted molar refractivity (Wildman–Crippen MR) is 147 cm³/mol. The van der Waals surface area contributed by atoms with Crippen molar-refractivity contribution in [2.45, 2.75) is 56.2 Å². The first-order chi connectivity index (χ1) is 18.6. The van der Waals surface area contributed by atoms with Crippen LogP contribution in [-0.2, 0) is 12.0 Å². The summed E-state index contributed by atoms with van der Waals surface area (Å²) in [5.41, 5.74) is 0.355. The molecule has 10 heteroatoms. The van der Waals surface area contributed by atoms with Crippen LogP contribution < -0.4 is 15.4 Å². The summed E-state index contributed by atoms with van der Waals surface area (Å²) in [5, 5.41) is 6.26. The molecule has 0 aliphatic heterocycles. The SMILES string of the molecule is O=C(N[C@@H]1C[C@@H]2CC[C@H]1C2)N[C@@](Cc1ccccc1)(c1cccc(OC(F)(F)C(F)F)c1)c1ccc(I)cn1. The number of urea groups is 1. The molecule has 2 fully saturated rings. The summed E-state index contributed by atoms with van der Waals surface area (Å²) in [6, 6.07) is 18.2. The highest BCUT2D eigenvalue weighted by molar-refractivity contribution is 14.1. The summed E-state index contributed by atoms with van der Waals surface area (Å²) in [5.74, 6) is 0.614. The molecule has 2 saturated carbocycles. The molecule has 0 radical (unpaired) electrons. The lowest BCUT2D eigenvalue weighted by Gasteiger charge is -2.36. The molecule has 2 aromatic carbocycles. The van der Waals surface area contributed by atoms with Gasteiger partial charge >= 0.3 is 18.6 Å². The molecule has 1 heterocycles. The number of alkyl halides is 4. The van der Waals surface area contributed by atoms with E-state index in [1.54, 1.807) is 18.3 Å². The van der Waals surface area contributed by atoms with E-state index in [4.69, 9.17) is 0 Å². The van der Waals surface area contributed by atoms with Crippen molar-refractivity contribution in [3.8, 4) is 5.75 Å². The maximum Gasteiger partial charge on any atom is 0.461 e. The first-order valence-electron chi connectivity index (χ1n) is 12.8. The van der Waals surface area contributed by atoms with Gasteiger partial charge in [-0.25, -0.2) is 4.79 Å². The molecule has 2 aliphatic rings. The van der Waals surface area contributed by atoms with Gasteiger partial charge < -0.3 is 15.4 Å². The number of hydrogen-bond donors (Lipinski definition) is 2. The highest BCUT2D eigenvalue weighted by Crippen LogP contribution is 2.44. The van der Waals surface area contributed by atoms with Crippen LogP contribution in [0.25, 0.3) is 0 Å². The van der Waals surface area contributed by atoms with Crippen LogP contribution in [0.5, 0.6) is 5.75 Å².